The van der Waals surface area contributed by atoms with Crippen molar-refractivity contribution in [2.24, 2.45) is 5.92 Å². The van der Waals surface area contributed by atoms with Gasteiger partial charge in [-0.25, -0.2) is 8.42 Å². The van der Waals surface area contributed by atoms with Crippen molar-refractivity contribution in [3.05, 3.63) is 54.1 Å². The third-order valence-electron chi connectivity index (χ3n) is 5.35. The zero-order chi connectivity index (χ0) is 23.1. The molecular formula is C23H29N3O5S. The molecule has 172 valence electrons. The van der Waals surface area contributed by atoms with Crippen LogP contribution >= 0.6 is 0 Å². The highest BCUT2D eigenvalue weighted by molar-refractivity contribution is 7.92. The highest BCUT2D eigenvalue weighted by Crippen LogP contribution is 2.24. The van der Waals surface area contributed by atoms with Crippen LogP contribution in [0, 0.1) is 12.8 Å². The molecule has 9 heteroatoms. The number of carbonyl (C=O) groups is 2. The Morgan fingerprint density at radius 2 is 1.78 bits per heavy atom. The van der Waals surface area contributed by atoms with E-state index >= 15 is 0 Å². The molecule has 1 aliphatic rings. The van der Waals surface area contributed by atoms with Crippen molar-refractivity contribution in [3.8, 4) is 5.75 Å². The van der Waals surface area contributed by atoms with Gasteiger partial charge >= 0.3 is 0 Å². The molecule has 2 aromatic rings. The SMILES string of the molecule is Cc1ccc(NC(=O)C2CCN(C(=O)CCOc3ccccc3)CC2)cc1NS(C)(=O)=O. The number of piperidine rings is 1. The summed E-state index contributed by atoms with van der Waals surface area (Å²) in [5.41, 5.74) is 1.73. The van der Waals surface area contributed by atoms with Crippen molar-refractivity contribution in [3.63, 3.8) is 0 Å². The maximum atomic E-state index is 12.7. The molecule has 0 aromatic heterocycles. The minimum Gasteiger partial charge on any atom is -0.493 e. The molecule has 2 N–H and O–H groups in total. The molecule has 32 heavy (non-hydrogen) atoms. The van der Waals surface area contributed by atoms with E-state index in [2.05, 4.69) is 10.0 Å². The van der Waals surface area contributed by atoms with E-state index < -0.39 is 10.0 Å². The van der Waals surface area contributed by atoms with Crippen molar-refractivity contribution in [1.82, 2.24) is 4.90 Å². The van der Waals surface area contributed by atoms with E-state index in [-0.39, 0.29) is 17.7 Å². The fourth-order valence-corrected chi connectivity index (χ4v) is 4.20. The van der Waals surface area contributed by atoms with Gasteiger partial charge in [0.1, 0.15) is 5.75 Å². The first-order chi connectivity index (χ1) is 15.2. The van der Waals surface area contributed by atoms with E-state index in [9.17, 15) is 18.0 Å². The fraction of sp³-hybridized carbons (Fsp3) is 0.391. The number of aryl methyl sites for hydroxylation is 1. The van der Waals surface area contributed by atoms with Gasteiger partial charge in [0.2, 0.25) is 21.8 Å². The topological polar surface area (TPSA) is 105 Å². The van der Waals surface area contributed by atoms with Crippen LogP contribution in [-0.4, -0.2) is 51.1 Å². The van der Waals surface area contributed by atoms with Gasteiger partial charge in [-0.05, 0) is 49.6 Å². The molecular weight excluding hydrogens is 430 g/mol. The van der Waals surface area contributed by atoms with Gasteiger partial charge in [-0.2, -0.15) is 0 Å². The minimum absolute atomic E-state index is 0.0230. The number of nitrogens with zero attached hydrogens (tertiary/aromatic N) is 1. The Hall–Kier alpha value is -3.07. The van der Waals surface area contributed by atoms with Crippen LogP contribution in [0.4, 0.5) is 11.4 Å². The molecule has 0 radical (unpaired) electrons. The van der Waals surface area contributed by atoms with Gasteiger partial charge < -0.3 is 15.0 Å². The number of para-hydroxylation sites is 1. The molecule has 1 heterocycles. The molecule has 0 atom stereocenters. The smallest absolute Gasteiger partial charge is 0.229 e. The number of ether oxygens (including phenoxy) is 1. The van der Waals surface area contributed by atoms with Crippen LogP contribution in [0.5, 0.6) is 5.75 Å². The molecule has 1 aliphatic heterocycles. The number of carbonyl (C=O) groups excluding carboxylic acids is 2. The maximum absolute atomic E-state index is 12.7. The zero-order valence-corrected chi connectivity index (χ0v) is 19.2. The first-order valence-electron chi connectivity index (χ1n) is 10.6. The van der Waals surface area contributed by atoms with Crippen LogP contribution in [0.25, 0.3) is 0 Å². The summed E-state index contributed by atoms with van der Waals surface area (Å²) < 4.78 is 31.1. The Morgan fingerprint density at radius 1 is 1.09 bits per heavy atom. The quantitative estimate of drug-likeness (QED) is 0.631. The van der Waals surface area contributed by atoms with E-state index in [0.717, 1.165) is 17.6 Å². The summed E-state index contributed by atoms with van der Waals surface area (Å²) in [5.74, 6) is 0.433. The van der Waals surface area contributed by atoms with Crippen molar-refractivity contribution in [2.75, 3.05) is 36.0 Å². The molecule has 0 saturated carbocycles. The first-order valence-corrected chi connectivity index (χ1v) is 12.5. The van der Waals surface area contributed by atoms with Crippen LogP contribution in [-0.2, 0) is 19.6 Å². The van der Waals surface area contributed by atoms with Gasteiger partial charge in [0.25, 0.3) is 0 Å². The fourth-order valence-electron chi connectivity index (χ4n) is 3.58. The van der Waals surface area contributed by atoms with Gasteiger partial charge in [-0.1, -0.05) is 24.3 Å². The summed E-state index contributed by atoms with van der Waals surface area (Å²) in [4.78, 5) is 26.9. The Kier molecular flexibility index (Phi) is 7.74. The molecule has 2 amide bonds. The Bertz CT molecular complexity index is 1050. The van der Waals surface area contributed by atoms with Gasteiger partial charge in [0.05, 0.1) is 25.0 Å². The number of amides is 2. The molecule has 0 spiro atoms. The highest BCUT2D eigenvalue weighted by Gasteiger charge is 2.27. The predicted octanol–water partition coefficient (Wildman–Crippen LogP) is 3.01. The van der Waals surface area contributed by atoms with Crippen LogP contribution in [0.2, 0.25) is 0 Å². The van der Waals surface area contributed by atoms with Crippen molar-refractivity contribution in [1.29, 1.82) is 0 Å². The summed E-state index contributed by atoms with van der Waals surface area (Å²) in [6.07, 6.45) is 2.54. The lowest BCUT2D eigenvalue weighted by Crippen LogP contribution is -2.41. The van der Waals surface area contributed by atoms with Crippen LogP contribution < -0.4 is 14.8 Å². The monoisotopic (exact) mass is 459 g/mol. The lowest BCUT2D eigenvalue weighted by atomic mass is 9.95. The van der Waals surface area contributed by atoms with E-state index in [1.165, 1.54) is 0 Å². The molecule has 0 aliphatic carbocycles. The third kappa shape index (κ3) is 6.98. The number of sulfonamides is 1. The van der Waals surface area contributed by atoms with Crippen molar-refractivity contribution in [2.45, 2.75) is 26.2 Å². The van der Waals surface area contributed by atoms with Gasteiger partial charge in [0, 0.05) is 24.7 Å². The number of benzene rings is 2. The number of rotatable bonds is 8. The second-order valence-corrected chi connectivity index (χ2v) is 9.71. The van der Waals surface area contributed by atoms with Crippen LogP contribution in [0.1, 0.15) is 24.8 Å². The third-order valence-corrected chi connectivity index (χ3v) is 5.94. The average molecular weight is 460 g/mol. The largest absolute Gasteiger partial charge is 0.493 e. The molecule has 3 rings (SSSR count). The van der Waals surface area contributed by atoms with Gasteiger partial charge in [-0.15, -0.1) is 0 Å². The van der Waals surface area contributed by atoms with Gasteiger partial charge in [0.15, 0.2) is 0 Å². The number of hydrogen-bond donors (Lipinski definition) is 2. The number of anilines is 2. The summed E-state index contributed by atoms with van der Waals surface area (Å²) >= 11 is 0. The van der Waals surface area contributed by atoms with Gasteiger partial charge in [-0.3, -0.25) is 14.3 Å². The normalized spacial score (nSPS) is 14.6. The van der Waals surface area contributed by atoms with Crippen molar-refractivity contribution >= 4 is 33.2 Å². The maximum Gasteiger partial charge on any atom is 0.229 e. The van der Waals surface area contributed by atoms with E-state index in [4.69, 9.17) is 4.74 Å². The lowest BCUT2D eigenvalue weighted by molar-refractivity contribution is -0.135. The van der Waals surface area contributed by atoms with Crippen LogP contribution in [0.3, 0.4) is 0 Å². The first kappa shape index (κ1) is 23.6. The highest BCUT2D eigenvalue weighted by atomic mass is 32.2. The van der Waals surface area contributed by atoms with E-state index in [1.54, 1.807) is 30.0 Å². The second kappa shape index (κ2) is 10.5. The molecule has 0 bridgehead atoms. The summed E-state index contributed by atoms with van der Waals surface area (Å²) in [7, 11) is -3.41. The Labute approximate surface area is 189 Å². The van der Waals surface area contributed by atoms with Crippen molar-refractivity contribution < 1.29 is 22.7 Å². The number of likely N-dealkylation sites (tertiary alicyclic amines) is 1. The van der Waals surface area contributed by atoms with E-state index in [1.807, 2.05) is 30.3 Å². The Morgan fingerprint density at radius 3 is 2.44 bits per heavy atom. The standard InChI is InChI=1S/C23H29N3O5S/c1-17-8-9-19(16-21(17)25-32(2,29)30)24-23(28)18-10-13-26(14-11-18)22(27)12-15-31-20-6-4-3-5-7-20/h3-9,16,18,25H,10-15H2,1-2H3,(H,24,28). The predicted molar refractivity (Wildman–Crippen MR) is 124 cm³/mol. The molecule has 2 aromatic carbocycles. The Balaban J connectivity index is 1.46. The molecule has 1 saturated heterocycles. The summed E-state index contributed by atoms with van der Waals surface area (Å²) in [5, 5.41) is 2.86. The molecule has 0 unspecified atom stereocenters. The van der Waals surface area contributed by atoms with Crippen LogP contribution in [0.15, 0.2) is 48.5 Å². The molecule has 8 nitrogen and oxygen atoms in total. The minimum atomic E-state index is -3.41. The molecule has 1 fully saturated rings. The summed E-state index contributed by atoms with van der Waals surface area (Å²) in [6, 6.07) is 14.5. The average Bonchev–Trinajstić information content (AvgIpc) is 2.76. The number of nitrogens with one attached hydrogen (secondary N) is 2. The lowest BCUT2D eigenvalue weighted by Gasteiger charge is -2.31. The number of hydrogen-bond acceptors (Lipinski definition) is 5. The second-order valence-electron chi connectivity index (χ2n) is 7.96. The summed E-state index contributed by atoms with van der Waals surface area (Å²) in [6.45, 7) is 3.16. The van der Waals surface area contributed by atoms with E-state index in [0.29, 0.717) is 50.3 Å². The zero-order valence-electron chi connectivity index (χ0n) is 18.3.